The van der Waals surface area contributed by atoms with Gasteiger partial charge in [0.1, 0.15) is 0 Å². The number of likely N-dealkylation sites (N-methyl/N-ethyl adjacent to an activating group) is 1. The zero-order valence-electron chi connectivity index (χ0n) is 24.1. The molecule has 0 saturated heterocycles. The molecule has 1 heterocycles. The van der Waals surface area contributed by atoms with Gasteiger partial charge in [0.25, 0.3) is 5.91 Å². The van der Waals surface area contributed by atoms with Crippen LogP contribution in [0.25, 0.3) is 11.3 Å². The average Bonchev–Trinajstić information content (AvgIpc) is 3.52. The number of nitrogens with one attached hydrogen (secondary N) is 2. The summed E-state index contributed by atoms with van der Waals surface area (Å²) in [4.78, 5) is 13.4. The lowest BCUT2D eigenvalue weighted by Gasteiger charge is -2.26. The van der Waals surface area contributed by atoms with Crippen molar-refractivity contribution in [1.82, 2.24) is 15.2 Å². The Balaban J connectivity index is 1.78. The van der Waals surface area contributed by atoms with Crippen LogP contribution in [0.15, 0.2) is 24.3 Å². The second kappa shape index (κ2) is 10.0. The van der Waals surface area contributed by atoms with Crippen LogP contribution in [-0.2, 0) is 17.4 Å². The summed E-state index contributed by atoms with van der Waals surface area (Å²) in [5.41, 5.74) is 7.43. The zero-order valence-corrected chi connectivity index (χ0v) is 24.1. The molecule has 0 aliphatic heterocycles. The van der Waals surface area contributed by atoms with Crippen molar-refractivity contribution in [3.05, 3.63) is 46.6 Å². The molecule has 198 valence electrons. The molecule has 2 aliphatic carbocycles. The van der Waals surface area contributed by atoms with E-state index in [1.54, 1.807) is 0 Å². The molecule has 0 bridgehead atoms. The Bertz CT molecular complexity index is 1070. The molecule has 2 aliphatic rings. The number of nitrogens with zero attached hydrogens (tertiary/aromatic N) is 1. The molecule has 2 N–H and O–H groups in total. The minimum atomic E-state index is -0.146. The molecule has 0 atom stereocenters. The summed E-state index contributed by atoms with van der Waals surface area (Å²) in [6, 6.07) is 9.40. The third-order valence-electron chi connectivity index (χ3n) is 8.94. The van der Waals surface area contributed by atoms with Crippen molar-refractivity contribution in [2.24, 2.45) is 5.92 Å². The molecular formula is C32H49N3O. The first-order valence-electron chi connectivity index (χ1n) is 14.2. The number of carbonyl (C=O) groups excluding carboxylic acids is 1. The highest BCUT2D eigenvalue weighted by Crippen LogP contribution is 2.49. The van der Waals surface area contributed by atoms with Gasteiger partial charge in [0, 0.05) is 30.0 Å². The maximum absolute atomic E-state index is 13.4. The summed E-state index contributed by atoms with van der Waals surface area (Å²) in [6.07, 6.45) is 9.12. The zero-order chi connectivity index (χ0) is 26.3. The van der Waals surface area contributed by atoms with E-state index in [4.69, 9.17) is 0 Å². The minimum Gasteiger partial charge on any atom is -0.350 e. The van der Waals surface area contributed by atoms with E-state index >= 15 is 0 Å². The fourth-order valence-corrected chi connectivity index (χ4v) is 5.50. The largest absolute Gasteiger partial charge is 0.350 e. The van der Waals surface area contributed by atoms with Gasteiger partial charge >= 0.3 is 0 Å². The number of amides is 1. The molecule has 2 aromatic rings. The molecule has 1 amide bonds. The second-order valence-electron chi connectivity index (χ2n) is 13.6. The van der Waals surface area contributed by atoms with Crippen LogP contribution in [-0.4, -0.2) is 29.6 Å². The molecule has 4 nitrogen and oxygen atoms in total. The number of carbonyl (C=O) groups is 1. The van der Waals surface area contributed by atoms with E-state index in [0.29, 0.717) is 17.9 Å². The molecule has 4 heteroatoms. The first-order valence-corrected chi connectivity index (χ1v) is 14.2. The van der Waals surface area contributed by atoms with Crippen molar-refractivity contribution >= 4 is 5.91 Å². The summed E-state index contributed by atoms with van der Waals surface area (Å²) >= 11 is 0. The summed E-state index contributed by atoms with van der Waals surface area (Å²) in [5, 5.41) is 6.48. The summed E-state index contributed by atoms with van der Waals surface area (Å²) in [7, 11) is 1.94. The van der Waals surface area contributed by atoms with Crippen molar-refractivity contribution in [2.45, 2.75) is 116 Å². The van der Waals surface area contributed by atoms with Crippen molar-refractivity contribution in [1.29, 1.82) is 0 Å². The highest BCUT2D eigenvalue weighted by Gasteiger charge is 2.40. The molecule has 36 heavy (non-hydrogen) atoms. The van der Waals surface area contributed by atoms with Crippen molar-refractivity contribution < 1.29 is 4.79 Å². The van der Waals surface area contributed by atoms with Gasteiger partial charge in [0.15, 0.2) is 0 Å². The molecule has 2 fully saturated rings. The summed E-state index contributed by atoms with van der Waals surface area (Å²) < 4.78 is 2.47. The molecule has 0 radical (unpaired) electrons. The van der Waals surface area contributed by atoms with Crippen molar-refractivity contribution in [2.75, 3.05) is 13.6 Å². The van der Waals surface area contributed by atoms with Crippen molar-refractivity contribution in [3.8, 4) is 11.3 Å². The third kappa shape index (κ3) is 5.90. The number of hydrogen-bond donors (Lipinski definition) is 2. The predicted octanol–water partition coefficient (Wildman–Crippen LogP) is 7.12. The third-order valence-corrected chi connectivity index (χ3v) is 8.94. The predicted molar refractivity (Wildman–Crippen MR) is 152 cm³/mol. The maximum Gasteiger partial charge on any atom is 0.253 e. The highest BCUT2D eigenvalue weighted by molar-refractivity contribution is 5.97. The van der Waals surface area contributed by atoms with Crippen LogP contribution in [0.5, 0.6) is 0 Å². The molecule has 2 saturated carbocycles. The summed E-state index contributed by atoms with van der Waals surface area (Å²) in [6.45, 7) is 17.3. The van der Waals surface area contributed by atoms with Crippen molar-refractivity contribution in [3.63, 3.8) is 0 Å². The normalized spacial score (nSPS) is 18.3. The number of hydrogen-bond acceptors (Lipinski definition) is 2. The van der Waals surface area contributed by atoms with E-state index < -0.39 is 0 Å². The molecule has 0 unspecified atom stereocenters. The van der Waals surface area contributed by atoms with E-state index in [2.05, 4.69) is 87.9 Å². The van der Waals surface area contributed by atoms with E-state index in [1.807, 2.05) is 7.05 Å². The molecule has 1 aromatic heterocycles. The Morgan fingerprint density at radius 2 is 1.69 bits per heavy atom. The van der Waals surface area contributed by atoms with Gasteiger partial charge in [-0.1, -0.05) is 53.0 Å². The van der Waals surface area contributed by atoms with Crippen LogP contribution in [0.1, 0.15) is 114 Å². The minimum absolute atomic E-state index is 0.0285. The van der Waals surface area contributed by atoms with Gasteiger partial charge in [-0.3, -0.25) is 4.79 Å². The molecule has 0 spiro atoms. The van der Waals surface area contributed by atoms with Crippen LogP contribution in [0.4, 0.5) is 0 Å². The van der Waals surface area contributed by atoms with Gasteiger partial charge in [-0.05, 0) is 105 Å². The maximum atomic E-state index is 13.4. The fourth-order valence-electron chi connectivity index (χ4n) is 5.50. The van der Waals surface area contributed by atoms with Crippen LogP contribution in [0.2, 0.25) is 0 Å². The van der Waals surface area contributed by atoms with Gasteiger partial charge in [0.05, 0.1) is 5.56 Å². The van der Waals surface area contributed by atoms with Gasteiger partial charge in [0.2, 0.25) is 0 Å². The molecule has 1 aromatic carbocycles. The number of rotatable bonds is 8. The topological polar surface area (TPSA) is 46.1 Å². The second-order valence-corrected chi connectivity index (χ2v) is 13.6. The average molecular weight is 492 g/mol. The van der Waals surface area contributed by atoms with Gasteiger partial charge in [-0.25, -0.2) is 0 Å². The Morgan fingerprint density at radius 1 is 1.03 bits per heavy atom. The van der Waals surface area contributed by atoms with Crippen LogP contribution >= 0.6 is 0 Å². The first kappa shape index (κ1) is 27.0. The molecular weight excluding hydrogens is 442 g/mol. The number of aromatic nitrogens is 1. The van der Waals surface area contributed by atoms with Gasteiger partial charge in [-0.15, -0.1) is 0 Å². The Morgan fingerprint density at radius 3 is 2.28 bits per heavy atom. The Labute approximate surface area is 219 Å². The van der Waals surface area contributed by atoms with Gasteiger partial charge in [-0.2, -0.15) is 0 Å². The highest BCUT2D eigenvalue weighted by atomic mass is 16.1. The van der Waals surface area contributed by atoms with Crippen LogP contribution < -0.4 is 10.6 Å². The molecule has 4 rings (SSSR count). The van der Waals surface area contributed by atoms with Crippen LogP contribution in [0, 0.1) is 12.8 Å². The van der Waals surface area contributed by atoms with Crippen LogP contribution in [0.3, 0.4) is 0 Å². The quantitative estimate of drug-likeness (QED) is 0.413. The van der Waals surface area contributed by atoms with E-state index in [-0.39, 0.29) is 16.9 Å². The standard InChI is InChI=1S/C32H49N3O/c1-22-27(29(36)34-21-31(5,6)33-8)19-28(35(22)20-23-12-10-9-11-13-23)24-16-25(30(2,3)4)18-26(17-24)32(7)14-15-32/h16-19,23,33H,9-15,20-21H2,1-8H3,(H,34,36). The fraction of sp³-hybridized carbons (Fsp3) is 0.656. The lowest BCUT2D eigenvalue weighted by molar-refractivity contribution is 0.0942. The Hall–Kier alpha value is -2.07. The van der Waals surface area contributed by atoms with E-state index in [9.17, 15) is 4.79 Å². The van der Waals surface area contributed by atoms with E-state index in [0.717, 1.165) is 17.8 Å². The van der Waals surface area contributed by atoms with E-state index in [1.165, 1.54) is 67.3 Å². The van der Waals surface area contributed by atoms with Gasteiger partial charge < -0.3 is 15.2 Å². The lowest BCUT2D eigenvalue weighted by Crippen LogP contribution is -2.47. The summed E-state index contributed by atoms with van der Waals surface area (Å²) in [5.74, 6) is 0.717. The smallest absolute Gasteiger partial charge is 0.253 e. The SMILES string of the molecule is CNC(C)(C)CNC(=O)c1cc(-c2cc(C(C)(C)C)cc(C3(C)CC3)c2)n(CC2CCCCC2)c1C. The monoisotopic (exact) mass is 491 g/mol. The number of benzene rings is 1. The lowest BCUT2D eigenvalue weighted by atomic mass is 9.82. The first-order chi connectivity index (χ1) is 16.8. The Kier molecular flexibility index (Phi) is 7.50.